The van der Waals surface area contributed by atoms with E-state index in [9.17, 15) is 9.59 Å². The molecule has 3 atom stereocenters. The van der Waals surface area contributed by atoms with Gasteiger partial charge < -0.3 is 10.2 Å². The lowest BCUT2D eigenvalue weighted by atomic mass is 9.86. The zero-order valence-electron chi connectivity index (χ0n) is 19.3. The largest absolute Gasteiger partial charge is 0.319 e. The molecule has 0 saturated carbocycles. The first-order chi connectivity index (χ1) is 14.3. The van der Waals surface area contributed by atoms with Gasteiger partial charge in [0.25, 0.3) is 0 Å². The molecule has 1 aromatic rings. The third kappa shape index (κ3) is 6.13. The number of hydrogen-bond donors (Lipinski definition) is 1. The summed E-state index contributed by atoms with van der Waals surface area (Å²) in [6.07, 6.45) is 7.41. The van der Waals surface area contributed by atoms with Crippen LogP contribution in [0.4, 0.5) is 5.69 Å². The van der Waals surface area contributed by atoms with Gasteiger partial charge in [0.2, 0.25) is 11.8 Å². The summed E-state index contributed by atoms with van der Waals surface area (Å²) >= 11 is 5.44. The maximum atomic E-state index is 12.9. The molecule has 5 heteroatoms. The molecular weight excluding hydrogens is 392 g/mol. The van der Waals surface area contributed by atoms with Crippen LogP contribution >= 0.6 is 12.2 Å². The first-order valence-corrected chi connectivity index (χ1v) is 12.0. The van der Waals surface area contributed by atoms with Gasteiger partial charge >= 0.3 is 0 Å². The zero-order valence-corrected chi connectivity index (χ0v) is 20.1. The topological polar surface area (TPSA) is 49.4 Å². The first kappa shape index (κ1) is 24.5. The van der Waals surface area contributed by atoms with Crippen LogP contribution in [-0.2, 0) is 9.59 Å². The van der Waals surface area contributed by atoms with E-state index in [4.69, 9.17) is 12.2 Å². The van der Waals surface area contributed by atoms with Gasteiger partial charge in [-0.15, -0.1) is 0 Å². The Hall–Kier alpha value is -1.75. The van der Waals surface area contributed by atoms with Crippen molar-refractivity contribution in [1.29, 1.82) is 0 Å². The number of hydrogen-bond acceptors (Lipinski definition) is 3. The number of nitrogens with one attached hydrogen (secondary N) is 1. The fraction of sp³-hybridized carbons (Fsp3) is 0.640. The quantitative estimate of drug-likeness (QED) is 0.459. The number of nitrogens with zero attached hydrogens (tertiary/aromatic N) is 1. The molecule has 1 N–H and O–H groups in total. The molecule has 4 nitrogen and oxygen atoms in total. The lowest BCUT2D eigenvalue weighted by Crippen LogP contribution is -2.53. The summed E-state index contributed by atoms with van der Waals surface area (Å²) in [5.74, 6) is 1.29. The Morgan fingerprint density at radius 1 is 1.23 bits per heavy atom. The van der Waals surface area contributed by atoms with E-state index in [1.54, 1.807) is 0 Å². The summed E-state index contributed by atoms with van der Waals surface area (Å²) in [6.45, 7) is 10.8. The third-order valence-electron chi connectivity index (χ3n) is 6.39. The number of thiocarbonyl (C=S) groups is 1. The molecule has 1 aliphatic rings. The van der Waals surface area contributed by atoms with Crippen LogP contribution in [-0.4, -0.2) is 22.8 Å². The van der Waals surface area contributed by atoms with Gasteiger partial charge in [-0.05, 0) is 55.2 Å². The van der Waals surface area contributed by atoms with Crippen LogP contribution < -0.4 is 10.2 Å². The lowest BCUT2D eigenvalue weighted by molar-refractivity contribution is -0.121. The number of aryl methyl sites for hydroxylation is 1. The fourth-order valence-electron chi connectivity index (χ4n) is 4.29. The van der Waals surface area contributed by atoms with E-state index in [1.165, 1.54) is 37.7 Å². The highest BCUT2D eigenvalue weighted by atomic mass is 32.1. The number of piperidine rings is 1. The maximum absolute atomic E-state index is 12.9. The van der Waals surface area contributed by atoms with E-state index < -0.39 is 0 Å². The molecule has 1 fully saturated rings. The minimum absolute atomic E-state index is 0.0382. The van der Waals surface area contributed by atoms with E-state index >= 15 is 0 Å². The van der Waals surface area contributed by atoms with E-state index in [-0.39, 0.29) is 17.9 Å². The van der Waals surface area contributed by atoms with Crippen molar-refractivity contribution >= 4 is 34.7 Å². The standard InChI is InChI=1S/C25H38N2O2S/c1-6-9-19(11-10-17(4)7-2)20-12-13-21(18(5)16-20)27(24(29)8-3)22-14-15-23(28)26-25(22)30/h12-13,16-17,19,22H,6-11,14-15H2,1-5H3,(H,26,28,30). The minimum atomic E-state index is -0.258. The summed E-state index contributed by atoms with van der Waals surface area (Å²) in [7, 11) is 0. The Bertz CT molecular complexity index is 762. The average Bonchev–Trinajstić information content (AvgIpc) is 2.73. The van der Waals surface area contributed by atoms with E-state index in [0.29, 0.717) is 30.2 Å². The molecule has 166 valence electrons. The van der Waals surface area contributed by atoms with E-state index in [1.807, 2.05) is 11.8 Å². The highest BCUT2D eigenvalue weighted by molar-refractivity contribution is 7.80. The number of rotatable bonds is 10. The Balaban J connectivity index is 2.31. The van der Waals surface area contributed by atoms with Crippen molar-refractivity contribution in [2.45, 2.75) is 97.9 Å². The summed E-state index contributed by atoms with van der Waals surface area (Å²) in [5, 5.41) is 2.76. The molecule has 1 heterocycles. The van der Waals surface area contributed by atoms with Crippen LogP contribution in [0.2, 0.25) is 0 Å². The summed E-state index contributed by atoms with van der Waals surface area (Å²) in [6, 6.07) is 6.28. The molecule has 0 aromatic heterocycles. The minimum Gasteiger partial charge on any atom is -0.319 e. The molecule has 1 aliphatic heterocycles. The molecule has 3 unspecified atom stereocenters. The number of benzene rings is 1. The molecule has 30 heavy (non-hydrogen) atoms. The van der Waals surface area contributed by atoms with Crippen LogP contribution in [0, 0.1) is 12.8 Å². The Morgan fingerprint density at radius 2 is 1.97 bits per heavy atom. The molecule has 1 aromatic carbocycles. The zero-order chi connectivity index (χ0) is 22.3. The molecule has 0 radical (unpaired) electrons. The average molecular weight is 431 g/mol. The fourth-order valence-corrected chi connectivity index (χ4v) is 4.63. The Morgan fingerprint density at radius 3 is 2.53 bits per heavy atom. The molecule has 1 saturated heterocycles. The Labute approximate surface area is 187 Å². The van der Waals surface area contributed by atoms with Gasteiger partial charge in [-0.3, -0.25) is 9.59 Å². The molecule has 0 bridgehead atoms. The summed E-state index contributed by atoms with van der Waals surface area (Å²) in [5.41, 5.74) is 3.37. The molecule has 0 aliphatic carbocycles. The second-order valence-electron chi connectivity index (χ2n) is 8.71. The summed E-state index contributed by atoms with van der Waals surface area (Å²) in [4.78, 5) is 26.8. The van der Waals surface area contributed by atoms with Crippen LogP contribution in [0.15, 0.2) is 18.2 Å². The first-order valence-electron chi connectivity index (χ1n) is 11.6. The van der Waals surface area contributed by atoms with Gasteiger partial charge in [-0.25, -0.2) is 0 Å². The lowest BCUT2D eigenvalue weighted by Gasteiger charge is -2.36. The van der Waals surface area contributed by atoms with Crippen molar-refractivity contribution in [3.63, 3.8) is 0 Å². The Kier molecular flexibility index (Phi) is 9.47. The van der Waals surface area contributed by atoms with Gasteiger partial charge in [-0.2, -0.15) is 0 Å². The predicted molar refractivity (Wildman–Crippen MR) is 129 cm³/mol. The third-order valence-corrected chi connectivity index (χ3v) is 6.76. The normalized spacial score (nSPS) is 18.6. The van der Waals surface area contributed by atoms with Gasteiger partial charge in [-0.1, -0.05) is 71.3 Å². The summed E-state index contributed by atoms with van der Waals surface area (Å²) < 4.78 is 0. The smallest absolute Gasteiger partial charge is 0.227 e. The van der Waals surface area contributed by atoms with Crippen molar-refractivity contribution in [3.8, 4) is 0 Å². The van der Waals surface area contributed by atoms with Crippen molar-refractivity contribution in [1.82, 2.24) is 5.32 Å². The van der Waals surface area contributed by atoms with Gasteiger partial charge in [0.05, 0.1) is 6.04 Å². The molecule has 0 spiro atoms. The maximum Gasteiger partial charge on any atom is 0.227 e. The van der Waals surface area contributed by atoms with Crippen molar-refractivity contribution in [2.24, 2.45) is 5.92 Å². The van der Waals surface area contributed by atoms with Crippen molar-refractivity contribution in [3.05, 3.63) is 29.3 Å². The van der Waals surface area contributed by atoms with Gasteiger partial charge in [0.15, 0.2) is 0 Å². The highest BCUT2D eigenvalue weighted by Gasteiger charge is 2.33. The second-order valence-corrected chi connectivity index (χ2v) is 9.15. The highest BCUT2D eigenvalue weighted by Crippen LogP contribution is 2.33. The molecule has 2 amide bonds. The number of carbonyl (C=O) groups excluding carboxylic acids is 2. The van der Waals surface area contributed by atoms with Crippen LogP contribution in [0.25, 0.3) is 0 Å². The van der Waals surface area contributed by atoms with Crippen LogP contribution in [0.1, 0.15) is 96.1 Å². The number of carbonyl (C=O) groups is 2. The predicted octanol–water partition coefficient (Wildman–Crippen LogP) is 6.05. The molecule has 2 rings (SSSR count). The van der Waals surface area contributed by atoms with Crippen molar-refractivity contribution in [2.75, 3.05) is 4.90 Å². The van der Waals surface area contributed by atoms with Crippen molar-refractivity contribution < 1.29 is 9.59 Å². The van der Waals surface area contributed by atoms with Crippen LogP contribution in [0.3, 0.4) is 0 Å². The van der Waals surface area contributed by atoms with E-state index in [2.05, 4.69) is 51.2 Å². The molecular formula is C25H38N2O2S. The monoisotopic (exact) mass is 430 g/mol. The second kappa shape index (κ2) is 11.6. The number of amides is 2. The van der Waals surface area contributed by atoms with Crippen LogP contribution in [0.5, 0.6) is 0 Å². The SMILES string of the molecule is CCCC(CCC(C)CC)c1ccc(N(C(=O)CC)C2CCC(=O)NC2=S)c(C)c1. The number of anilines is 1. The van der Waals surface area contributed by atoms with Gasteiger partial charge in [0, 0.05) is 18.5 Å². The van der Waals surface area contributed by atoms with Gasteiger partial charge in [0.1, 0.15) is 4.99 Å². The van der Waals surface area contributed by atoms with E-state index in [0.717, 1.165) is 17.2 Å².